The molecule has 1 aliphatic rings. The molecule has 0 aromatic heterocycles. The number of thioether (sulfide) groups is 1. The zero-order valence-corrected chi connectivity index (χ0v) is 14.8. The van der Waals surface area contributed by atoms with Gasteiger partial charge in [-0.1, -0.05) is 48.5 Å². The van der Waals surface area contributed by atoms with E-state index in [1.807, 2.05) is 60.0 Å². The first kappa shape index (κ1) is 17.1. The highest BCUT2D eigenvalue weighted by molar-refractivity contribution is 7.99. The predicted octanol–water partition coefficient (Wildman–Crippen LogP) is 3.50. The summed E-state index contributed by atoms with van der Waals surface area (Å²) >= 11 is 1.87. The number of rotatable bonds is 5. The molecule has 0 aliphatic carbocycles. The summed E-state index contributed by atoms with van der Waals surface area (Å²) in [6, 6.07) is 20.1. The van der Waals surface area contributed by atoms with Gasteiger partial charge in [0.05, 0.1) is 0 Å². The molecule has 0 radical (unpaired) electrons. The zero-order valence-electron chi connectivity index (χ0n) is 14.0. The molecule has 1 fully saturated rings. The Morgan fingerprint density at radius 3 is 2.46 bits per heavy atom. The lowest BCUT2D eigenvalue weighted by atomic mass is 9.92. The van der Waals surface area contributed by atoms with Crippen molar-refractivity contribution in [2.24, 2.45) is 11.7 Å². The number of carbonyl (C=O) groups is 1. The maximum Gasteiger partial charge on any atom is 0.246 e. The van der Waals surface area contributed by atoms with Gasteiger partial charge in [0.25, 0.3) is 0 Å². The first-order valence-corrected chi connectivity index (χ1v) is 9.37. The second-order valence-corrected chi connectivity index (χ2v) is 7.69. The third-order valence-corrected chi connectivity index (χ3v) is 5.86. The Balaban J connectivity index is 1.58. The van der Waals surface area contributed by atoms with Crippen LogP contribution in [0.5, 0.6) is 0 Å². The van der Waals surface area contributed by atoms with Gasteiger partial charge in [0.2, 0.25) is 5.91 Å². The minimum atomic E-state index is -0.956. The number of benzene rings is 2. The summed E-state index contributed by atoms with van der Waals surface area (Å²) in [5, 5.41) is 0. The van der Waals surface area contributed by atoms with Crippen LogP contribution in [0, 0.1) is 5.92 Å². The van der Waals surface area contributed by atoms with E-state index in [-0.39, 0.29) is 5.91 Å². The van der Waals surface area contributed by atoms with Crippen molar-refractivity contribution in [3.8, 4) is 0 Å². The Kier molecular flexibility index (Phi) is 5.27. The molecule has 1 aliphatic heterocycles. The number of nitrogens with zero attached hydrogens (tertiary/aromatic N) is 1. The van der Waals surface area contributed by atoms with Gasteiger partial charge in [0.1, 0.15) is 5.54 Å². The average Bonchev–Trinajstić information content (AvgIpc) is 3.10. The summed E-state index contributed by atoms with van der Waals surface area (Å²) in [5.74, 6) is 1.60. The largest absolute Gasteiger partial charge is 0.340 e. The molecule has 2 aromatic rings. The molecule has 1 heterocycles. The molecule has 126 valence electrons. The van der Waals surface area contributed by atoms with Crippen LogP contribution in [0.25, 0.3) is 0 Å². The molecule has 3 nitrogen and oxygen atoms in total. The molecule has 2 N–H and O–H groups in total. The first-order valence-electron chi connectivity index (χ1n) is 8.39. The lowest BCUT2D eigenvalue weighted by Gasteiger charge is -2.29. The SMILES string of the molecule is CC(N)(C(=O)N1CCC(CSc2ccccc2)C1)c1ccccc1. The fourth-order valence-corrected chi connectivity index (χ4v) is 4.17. The Morgan fingerprint density at radius 1 is 1.17 bits per heavy atom. The molecule has 4 heteroatoms. The summed E-state index contributed by atoms with van der Waals surface area (Å²) in [6.07, 6.45) is 1.05. The second-order valence-electron chi connectivity index (χ2n) is 6.60. The predicted molar refractivity (Wildman–Crippen MR) is 99.8 cm³/mol. The van der Waals surface area contributed by atoms with E-state index in [0.717, 1.165) is 30.8 Å². The van der Waals surface area contributed by atoms with Gasteiger partial charge in [-0.2, -0.15) is 0 Å². The number of likely N-dealkylation sites (tertiary alicyclic amines) is 1. The Bertz CT molecular complexity index is 673. The molecule has 2 unspecified atom stereocenters. The van der Waals surface area contributed by atoms with Crippen molar-refractivity contribution < 1.29 is 4.79 Å². The van der Waals surface area contributed by atoms with Crippen LogP contribution in [0.2, 0.25) is 0 Å². The van der Waals surface area contributed by atoms with E-state index in [9.17, 15) is 4.79 Å². The van der Waals surface area contributed by atoms with E-state index in [1.165, 1.54) is 4.90 Å². The van der Waals surface area contributed by atoms with Gasteiger partial charge in [0, 0.05) is 23.7 Å². The van der Waals surface area contributed by atoms with E-state index in [1.54, 1.807) is 0 Å². The summed E-state index contributed by atoms with van der Waals surface area (Å²) in [7, 11) is 0. The molecule has 1 amide bonds. The second kappa shape index (κ2) is 7.41. The third-order valence-electron chi connectivity index (χ3n) is 4.62. The van der Waals surface area contributed by atoms with Gasteiger partial charge in [-0.05, 0) is 37.0 Å². The lowest BCUT2D eigenvalue weighted by Crippen LogP contribution is -2.50. The molecule has 0 bridgehead atoms. The van der Waals surface area contributed by atoms with Crippen LogP contribution in [0.1, 0.15) is 18.9 Å². The highest BCUT2D eigenvalue weighted by Crippen LogP contribution is 2.28. The molecule has 24 heavy (non-hydrogen) atoms. The van der Waals surface area contributed by atoms with Gasteiger partial charge >= 0.3 is 0 Å². The first-order chi connectivity index (χ1) is 11.6. The molecule has 2 aromatic carbocycles. The van der Waals surface area contributed by atoms with Crippen LogP contribution in [0.15, 0.2) is 65.6 Å². The summed E-state index contributed by atoms with van der Waals surface area (Å²) in [5.41, 5.74) is 6.29. The molecular formula is C20H24N2OS. The van der Waals surface area contributed by atoms with Crippen LogP contribution in [-0.2, 0) is 10.3 Å². The van der Waals surface area contributed by atoms with Gasteiger partial charge in [-0.3, -0.25) is 4.79 Å². The average molecular weight is 340 g/mol. The minimum absolute atomic E-state index is 0.0286. The monoisotopic (exact) mass is 340 g/mol. The van der Waals surface area contributed by atoms with Gasteiger partial charge in [0.15, 0.2) is 0 Å². The van der Waals surface area contributed by atoms with Crippen LogP contribution < -0.4 is 5.73 Å². The molecular weight excluding hydrogens is 316 g/mol. The van der Waals surface area contributed by atoms with Crippen LogP contribution in [0.3, 0.4) is 0 Å². The zero-order chi connectivity index (χ0) is 17.0. The van der Waals surface area contributed by atoms with Crippen molar-refractivity contribution >= 4 is 17.7 Å². The Morgan fingerprint density at radius 2 is 1.79 bits per heavy atom. The molecule has 0 saturated carbocycles. The van der Waals surface area contributed by atoms with Crippen molar-refractivity contribution in [1.29, 1.82) is 0 Å². The topological polar surface area (TPSA) is 46.3 Å². The summed E-state index contributed by atoms with van der Waals surface area (Å²) in [6.45, 7) is 3.42. The maximum atomic E-state index is 12.9. The quantitative estimate of drug-likeness (QED) is 0.848. The number of hydrogen-bond acceptors (Lipinski definition) is 3. The van der Waals surface area contributed by atoms with Crippen molar-refractivity contribution in [2.45, 2.75) is 23.8 Å². The molecule has 0 spiro atoms. The summed E-state index contributed by atoms with van der Waals surface area (Å²) < 4.78 is 0. The van der Waals surface area contributed by atoms with Crippen molar-refractivity contribution in [2.75, 3.05) is 18.8 Å². The normalized spacial score (nSPS) is 19.9. The van der Waals surface area contributed by atoms with Crippen molar-refractivity contribution in [1.82, 2.24) is 4.90 Å². The number of amides is 1. The summed E-state index contributed by atoms with van der Waals surface area (Å²) in [4.78, 5) is 16.1. The van der Waals surface area contributed by atoms with E-state index in [0.29, 0.717) is 5.92 Å². The Hall–Kier alpha value is -1.78. The number of nitrogens with two attached hydrogens (primary N) is 1. The van der Waals surface area contributed by atoms with E-state index in [2.05, 4.69) is 24.3 Å². The van der Waals surface area contributed by atoms with E-state index in [4.69, 9.17) is 5.73 Å². The molecule has 1 saturated heterocycles. The Labute approximate surface area is 148 Å². The van der Waals surface area contributed by atoms with Gasteiger partial charge < -0.3 is 10.6 Å². The van der Waals surface area contributed by atoms with E-state index >= 15 is 0 Å². The van der Waals surface area contributed by atoms with Crippen molar-refractivity contribution in [3.05, 3.63) is 66.2 Å². The molecule has 2 atom stereocenters. The number of hydrogen-bond donors (Lipinski definition) is 1. The number of carbonyl (C=O) groups excluding carboxylic acids is 1. The van der Waals surface area contributed by atoms with Gasteiger partial charge in [-0.25, -0.2) is 0 Å². The molecule has 3 rings (SSSR count). The third kappa shape index (κ3) is 3.82. The van der Waals surface area contributed by atoms with Crippen LogP contribution in [0.4, 0.5) is 0 Å². The van der Waals surface area contributed by atoms with Crippen molar-refractivity contribution in [3.63, 3.8) is 0 Å². The highest BCUT2D eigenvalue weighted by atomic mass is 32.2. The fourth-order valence-electron chi connectivity index (χ4n) is 3.12. The van der Waals surface area contributed by atoms with Crippen LogP contribution >= 0.6 is 11.8 Å². The minimum Gasteiger partial charge on any atom is -0.340 e. The standard InChI is InChI=1S/C20H24N2OS/c1-20(21,17-8-4-2-5-9-17)19(23)22-13-12-16(14-22)15-24-18-10-6-3-7-11-18/h2-11,16H,12-15,21H2,1H3. The van der Waals surface area contributed by atoms with Crippen LogP contribution in [-0.4, -0.2) is 29.6 Å². The highest BCUT2D eigenvalue weighted by Gasteiger charge is 2.37. The smallest absolute Gasteiger partial charge is 0.246 e. The fraction of sp³-hybridized carbons (Fsp3) is 0.350. The maximum absolute atomic E-state index is 12.9. The van der Waals surface area contributed by atoms with Gasteiger partial charge in [-0.15, -0.1) is 11.8 Å². The lowest BCUT2D eigenvalue weighted by molar-refractivity contribution is -0.135. The van der Waals surface area contributed by atoms with E-state index < -0.39 is 5.54 Å².